The maximum atomic E-state index is 12.6. The molecule has 0 bridgehead atoms. The number of carboxylic acid groups (broad SMARTS) is 1. The number of carboxylic acids is 1. The summed E-state index contributed by atoms with van der Waals surface area (Å²) in [6.07, 6.45) is 42.6. The molecule has 51 heavy (non-hydrogen) atoms. The maximum Gasteiger partial charge on any atom is 0.328 e. The van der Waals surface area contributed by atoms with Gasteiger partial charge in [-0.05, 0) is 77.0 Å². The second kappa shape index (κ2) is 36.3. The Morgan fingerprint density at radius 3 is 1.65 bits per heavy atom. The van der Waals surface area contributed by atoms with Gasteiger partial charge in [0.1, 0.15) is 12.1 Å². The van der Waals surface area contributed by atoms with Gasteiger partial charge in [-0.25, -0.2) is 4.79 Å². The lowest BCUT2D eigenvalue weighted by molar-refractivity contribution is -0.150. The Morgan fingerprint density at radius 1 is 0.608 bits per heavy atom. The molecule has 0 aliphatic heterocycles. The van der Waals surface area contributed by atoms with Crippen molar-refractivity contribution in [2.75, 3.05) is 13.2 Å². The van der Waals surface area contributed by atoms with Crippen LogP contribution < -0.4 is 10.6 Å². The minimum atomic E-state index is -1.39. The van der Waals surface area contributed by atoms with Crippen LogP contribution in [0.4, 0.5) is 0 Å². The minimum absolute atomic E-state index is 0.0409. The van der Waals surface area contributed by atoms with Crippen LogP contribution in [-0.4, -0.2) is 59.3 Å². The smallest absolute Gasteiger partial charge is 0.328 e. The highest BCUT2D eigenvalue weighted by molar-refractivity contribution is 5.87. The van der Waals surface area contributed by atoms with Gasteiger partial charge in [-0.2, -0.15) is 0 Å². The van der Waals surface area contributed by atoms with Crippen molar-refractivity contribution in [1.82, 2.24) is 10.6 Å². The SMILES string of the molecule is CC/C=C\C/C=C\C/C=C\C/C=C\C/C=C\CCCC(=O)OC(CCCCCCCC)CCCCCCCC(=O)NCC(=O)NC(CO)C(=O)O. The molecule has 2 amide bonds. The van der Waals surface area contributed by atoms with Gasteiger partial charge in [-0.3, -0.25) is 14.4 Å². The summed E-state index contributed by atoms with van der Waals surface area (Å²) in [6, 6.07) is -1.39. The largest absolute Gasteiger partial charge is 0.480 e. The number of amides is 2. The van der Waals surface area contributed by atoms with Crippen molar-refractivity contribution < 1.29 is 34.1 Å². The molecular weight excluding hydrogens is 644 g/mol. The van der Waals surface area contributed by atoms with E-state index in [-0.39, 0.29) is 30.9 Å². The number of aliphatic hydroxyl groups is 1. The maximum absolute atomic E-state index is 12.6. The summed E-state index contributed by atoms with van der Waals surface area (Å²) in [6.45, 7) is 3.31. The number of esters is 1. The van der Waals surface area contributed by atoms with Gasteiger partial charge >= 0.3 is 11.9 Å². The van der Waals surface area contributed by atoms with E-state index >= 15 is 0 Å². The number of carbonyl (C=O) groups is 4. The standard InChI is InChI=1S/C42H70N2O7/c1-3-5-7-9-11-12-13-14-15-16-17-18-19-20-21-26-30-34-41(48)51-37(31-27-23-10-8-6-4-2)32-28-24-22-25-29-33-39(46)43-35-40(47)44-38(36-45)42(49)50/h5,7,11-12,14-15,17-18,20-21,37-38,45H,3-4,6,8-10,13,16,19,22-36H2,1-2H3,(H,43,46)(H,44,47)(H,49,50)/b7-5-,12-11-,15-14-,18-17-,21-20-. The van der Waals surface area contributed by atoms with Crippen LogP contribution in [0, 0.1) is 0 Å². The van der Waals surface area contributed by atoms with E-state index in [0.29, 0.717) is 12.8 Å². The molecular formula is C42H70N2O7. The normalized spacial score (nSPS) is 13.2. The Kier molecular flexibility index (Phi) is 33.9. The third-order valence-electron chi connectivity index (χ3n) is 8.28. The zero-order valence-electron chi connectivity index (χ0n) is 31.8. The number of unbranched alkanes of at least 4 members (excludes halogenated alkanes) is 10. The molecule has 0 fully saturated rings. The minimum Gasteiger partial charge on any atom is -0.480 e. The number of aliphatic carboxylic acids is 1. The van der Waals surface area contributed by atoms with Gasteiger partial charge in [-0.1, -0.05) is 126 Å². The van der Waals surface area contributed by atoms with E-state index in [0.717, 1.165) is 89.9 Å². The molecule has 9 heteroatoms. The number of carbonyl (C=O) groups excluding carboxylic acids is 3. The summed E-state index contributed by atoms with van der Waals surface area (Å²) < 4.78 is 5.94. The third kappa shape index (κ3) is 33.4. The molecule has 0 radical (unpaired) electrons. The summed E-state index contributed by atoms with van der Waals surface area (Å²) in [5.41, 5.74) is 0. The van der Waals surface area contributed by atoms with Crippen LogP contribution in [0.3, 0.4) is 0 Å². The van der Waals surface area contributed by atoms with Gasteiger partial charge in [-0.15, -0.1) is 0 Å². The van der Waals surface area contributed by atoms with Crippen molar-refractivity contribution in [3.8, 4) is 0 Å². The zero-order valence-corrected chi connectivity index (χ0v) is 31.8. The van der Waals surface area contributed by atoms with E-state index in [1.54, 1.807) is 0 Å². The number of hydrogen-bond donors (Lipinski definition) is 4. The first-order chi connectivity index (χ1) is 24.8. The Hall–Kier alpha value is -3.46. The second-order valence-corrected chi connectivity index (χ2v) is 13.0. The fourth-order valence-corrected chi connectivity index (χ4v) is 5.28. The fourth-order valence-electron chi connectivity index (χ4n) is 5.28. The lowest BCUT2D eigenvalue weighted by Crippen LogP contribution is -2.47. The summed E-state index contributed by atoms with van der Waals surface area (Å²) in [7, 11) is 0. The highest BCUT2D eigenvalue weighted by Gasteiger charge is 2.19. The predicted molar refractivity (Wildman–Crippen MR) is 208 cm³/mol. The first-order valence-corrected chi connectivity index (χ1v) is 19.7. The quantitative estimate of drug-likeness (QED) is 0.0296. The predicted octanol–water partition coefficient (Wildman–Crippen LogP) is 8.98. The average Bonchev–Trinajstić information content (AvgIpc) is 3.11. The number of rotatable bonds is 34. The molecule has 2 unspecified atom stereocenters. The Labute approximate surface area is 309 Å². The molecule has 0 aliphatic carbocycles. The molecule has 0 saturated heterocycles. The summed E-state index contributed by atoms with van der Waals surface area (Å²) >= 11 is 0. The monoisotopic (exact) mass is 715 g/mol. The number of ether oxygens (including phenoxy) is 1. The second-order valence-electron chi connectivity index (χ2n) is 13.0. The number of aliphatic hydroxyl groups excluding tert-OH is 1. The summed E-state index contributed by atoms with van der Waals surface area (Å²) in [4.78, 5) is 47.3. The van der Waals surface area contributed by atoms with Crippen LogP contribution >= 0.6 is 0 Å². The van der Waals surface area contributed by atoms with Gasteiger partial charge in [0, 0.05) is 12.8 Å². The molecule has 9 nitrogen and oxygen atoms in total. The van der Waals surface area contributed by atoms with E-state index < -0.39 is 24.5 Å². The molecule has 0 aromatic rings. The zero-order chi connectivity index (χ0) is 37.6. The van der Waals surface area contributed by atoms with E-state index in [1.165, 1.54) is 32.1 Å². The average molecular weight is 715 g/mol. The number of allylic oxidation sites excluding steroid dienone is 10. The van der Waals surface area contributed by atoms with Crippen LogP contribution in [0.15, 0.2) is 60.8 Å². The fraction of sp³-hybridized carbons (Fsp3) is 0.667. The third-order valence-corrected chi connectivity index (χ3v) is 8.28. The van der Waals surface area contributed by atoms with Crippen LogP contribution in [0.2, 0.25) is 0 Å². The Morgan fingerprint density at radius 2 is 1.12 bits per heavy atom. The molecule has 0 aromatic carbocycles. The molecule has 0 aromatic heterocycles. The topological polar surface area (TPSA) is 142 Å². The first-order valence-electron chi connectivity index (χ1n) is 19.7. The van der Waals surface area contributed by atoms with E-state index in [2.05, 4.69) is 85.2 Å². The molecule has 0 spiro atoms. The lowest BCUT2D eigenvalue weighted by Gasteiger charge is -2.18. The van der Waals surface area contributed by atoms with Crippen LogP contribution in [0.5, 0.6) is 0 Å². The van der Waals surface area contributed by atoms with Crippen LogP contribution in [0.25, 0.3) is 0 Å². The summed E-state index contributed by atoms with van der Waals surface area (Å²) in [5, 5.41) is 22.5. The molecule has 290 valence electrons. The highest BCUT2D eigenvalue weighted by Crippen LogP contribution is 2.18. The molecule has 2 atom stereocenters. The van der Waals surface area contributed by atoms with Gasteiger partial charge in [0.2, 0.25) is 11.8 Å². The molecule has 0 aliphatic rings. The Bertz CT molecular complexity index is 1050. The van der Waals surface area contributed by atoms with Crippen molar-refractivity contribution in [3.63, 3.8) is 0 Å². The highest BCUT2D eigenvalue weighted by atomic mass is 16.5. The van der Waals surface area contributed by atoms with Crippen molar-refractivity contribution in [1.29, 1.82) is 0 Å². The number of nitrogens with one attached hydrogen (secondary N) is 2. The van der Waals surface area contributed by atoms with Crippen molar-refractivity contribution in [2.24, 2.45) is 0 Å². The van der Waals surface area contributed by atoms with E-state index in [4.69, 9.17) is 14.9 Å². The first kappa shape index (κ1) is 47.5. The van der Waals surface area contributed by atoms with E-state index in [9.17, 15) is 19.2 Å². The summed E-state index contributed by atoms with van der Waals surface area (Å²) in [5.74, 6) is -2.37. The van der Waals surface area contributed by atoms with Gasteiger partial charge in [0.15, 0.2) is 0 Å². The van der Waals surface area contributed by atoms with Gasteiger partial charge in [0.25, 0.3) is 0 Å². The molecule has 4 N–H and O–H groups in total. The van der Waals surface area contributed by atoms with Crippen LogP contribution in [-0.2, 0) is 23.9 Å². The van der Waals surface area contributed by atoms with Gasteiger partial charge < -0.3 is 25.6 Å². The van der Waals surface area contributed by atoms with E-state index in [1.807, 2.05) is 0 Å². The molecule has 0 saturated carbocycles. The van der Waals surface area contributed by atoms with Crippen LogP contribution in [0.1, 0.15) is 155 Å². The molecule has 0 rings (SSSR count). The van der Waals surface area contributed by atoms with Gasteiger partial charge in [0.05, 0.1) is 13.2 Å². The molecule has 0 heterocycles. The van der Waals surface area contributed by atoms with Crippen molar-refractivity contribution in [2.45, 2.75) is 167 Å². The van der Waals surface area contributed by atoms with Crippen molar-refractivity contribution >= 4 is 23.8 Å². The Balaban J connectivity index is 4.25. The lowest BCUT2D eigenvalue weighted by atomic mass is 10.0. The van der Waals surface area contributed by atoms with Crippen molar-refractivity contribution in [3.05, 3.63) is 60.8 Å². The number of hydrogen-bond acceptors (Lipinski definition) is 6.